The van der Waals surface area contributed by atoms with Crippen LogP contribution >= 0.6 is 15.9 Å². The second-order valence-electron chi connectivity index (χ2n) is 4.42. The van der Waals surface area contributed by atoms with Crippen LogP contribution in [0.3, 0.4) is 0 Å². The monoisotopic (exact) mass is 328 g/mol. The summed E-state index contributed by atoms with van der Waals surface area (Å²) in [6, 6.07) is 7.95. The molecule has 3 rings (SSSR count). The van der Waals surface area contributed by atoms with Crippen LogP contribution in [0.2, 0.25) is 0 Å². The van der Waals surface area contributed by atoms with Crippen LogP contribution in [0.1, 0.15) is 5.56 Å². The van der Waals surface area contributed by atoms with Crippen molar-refractivity contribution in [1.82, 2.24) is 15.0 Å². The Balaban J connectivity index is 1.74. The maximum Gasteiger partial charge on any atom is 0.112 e. The van der Waals surface area contributed by atoms with Gasteiger partial charge in [-0.3, -0.25) is 15.0 Å². The first-order chi connectivity index (χ1) is 9.83. The number of halogens is 1. The van der Waals surface area contributed by atoms with Crippen molar-refractivity contribution >= 4 is 32.7 Å². The molecule has 4 nitrogen and oxygen atoms in total. The lowest BCUT2D eigenvalue weighted by Crippen LogP contribution is -2.06. The van der Waals surface area contributed by atoms with Gasteiger partial charge in [0.05, 0.1) is 11.2 Å². The fourth-order valence-electron chi connectivity index (χ4n) is 2.04. The van der Waals surface area contributed by atoms with Gasteiger partial charge in [-0.2, -0.15) is 0 Å². The lowest BCUT2D eigenvalue weighted by atomic mass is 10.2. The van der Waals surface area contributed by atoms with Crippen molar-refractivity contribution in [1.29, 1.82) is 0 Å². The van der Waals surface area contributed by atoms with E-state index in [1.54, 1.807) is 18.6 Å². The second kappa shape index (κ2) is 5.96. The van der Waals surface area contributed by atoms with E-state index >= 15 is 0 Å². The number of pyridine rings is 3. The van der Waals surface area contributed by atoms with Crippen LogP contribution in [-0.2, 0) is 6.42 Å². The zero-order valence-corrected chi connectivity index (χ0v) is 12.3. The summed E-state index contributed by atoms with van der Waals surface area (Å²) in [6.07, 6.45) is 8.18. The minimum Gasteiger partial charge on any atom is -0.383 e. The predicted octanol–water partition coefficient (Wildman–Crippen LogP) is 3.44. The average molecular weight is 329 g/mol. The molecule has 3 heterocycles. The second-order valence-corrected chi connectivity index (χ2v) is 5.33. The van der Waals surface area contributed by atoms with Crippen LogP contribution in [0, 0.1) is 0 Å². The zero-order chi connectivity index (χ0) is 13.8. The van der Waals surface area contributed by atoms with Crippen LogP contribution in [0.15, 0.2) is 53.5 Å². The van der Waals surface area contributed by atoms with Crippen molar-refractivity contribution in [3.05, 3.63) is 59.1 Å². The molecule has 1 N–H and O–H groups in total. The van der Waals surface area contributed by atoms with Crippen molar-refractivity contribution in [3.8, 4) is 0 Å². The lowest BCUT2D eigenvalue weighted by Gasteiger charge is -2.08. The lowest BCUT2D eigenvalue weighted by molar-refractivity contribution is 1.01. The van der Waals surface area contributed by atoms with Crippen LogP contribution in [0.4, 0.5) is 5.69 Å². The van der Waals surface area contributed by atoms with Gasteiger partial charge in [-0.15, -0.1) is 0 Å². The Morgan fingerprint density at radius 2 is 2.05 bits per heavy atom. The Labute approximate surface area is 125 Å². The Bertz CT molecular complexity index is 715. The molecule has 0 saturated carbocycles. The Morgan fingerprint density at radius 3 is 2.90 bits per heavy atom. The van der Waals surface area contributed by atoms with E-state index in [0.29, 0.717) is 0 Å². The molecule has 0 saturated heterocycles. The van der Waals surface area contributed by atoms with Gasteiger partial charge in [0.15, 0.2) is 0 Å². The van der Waals surface area contributed by atoms with Gasteiger partial charge >= 0.3 is 0 Å². The minimum atomic E-state index is 0.836. The quantitative estimate of drug-likeness (QED) is 0.797. The van der Waals surface area contributed by atoms with Crippen molar-refractivity contribution in [3.63, 3.8) is 0 Å². The van der Waals surface area contributed by atoms with E-state index in [-0.39, 0.29) is 0 Å². The van der Waals surface area contributed by atoms with Gasteiger partial charge in [-0.1, -0.05) is 6.07 Å². The molecule has 0 amide bonds. The number of anilines is 1. The van der Waals surface area contributed by atoms with Crippen LogP contribution < -0.4 is 5.32 Å². The third kappa shape index (κ3) is 2.93. The molecule has 0 spiro atoms. The highest BCUT2D eigenvalue weighted by molar-refractivity contribution is 9.10. The van der Waals surface area contributed by atoms with E-state index in [4.69, 9.17) is 0 Å². The number of hydrogen-bond acceptors (Lipinski definition) is 4. The van der Waals surface area contributed by atoms with Crippen molar-refractivity contribution in [2.45, 2.75) is 6.42 Å². The zero-order valence-electron chi connectivity index (χ0n) is 10.8. The summed E-state index contributed by atoms with van der Waals surface area (Å²) in [6.45, 7) is 0.836. The minimum absolute atomic E-state index is 0.836. The summed E-state index contributed by atoms with van der Waals surface area (Å²) in [5, 5.41) is 3.41. The average Bonchev–Trinajstić information content (AvgIpc) is 2.48. The molecule has 5 heteroatoms. The summed E-state index contributed by atoms with van der Waals surface area (Å²) in [4.78, 5) is 12.9. The van der Waals surface area contributed by atoms with E-state index in [0.717, 1.165) is 34.2 Å². The molecular weight excluding hydrogens is 316 g/mol. The Hall–Kier alpha value is -2.01. The first kappa shape index (κ1) is 13.0. The van der Waals surface area contributed by atoms with Crippen molar-refractivity contribution in [2.75, 3.05) is 11.9 Å². The molecule has 3 aromatic heterocycles. The molecule has 0 unspecified atom stereocenters. The van der Waals surface area contributed by atoms with E-state index in [2.05, 4.69) is 42.3 Å². The normalized spacial score (nSPS) is 10.7. The van der Waals surface area contributed by atoms with E-state index < -0.39 is 0 Å². The number of nitrogens with zero attached hydrogens (tertiary/aromatic N) is 3. The molecule has 0 aromatic carbocycles. The number of fused-ring (bicyclic) bond motifs is 1. The number of rotatable bonds is 4. The molecular formula is C15H13BrN4. The SMILES string of the molecule is Brc1cnc2c(NCCc3cccnc3)ccnc2c1. The molecule has 0 fully saturated rings. The van der Waals surface area contributed by atoms with Crippen molar-refractivity contribution < 1.29 is 0 Å². The molecule has 0 aliphatic heterocycles. The van der Waals surface area contributed by atoms with Gasteiger partial charge in [0, 0.05) is 35.8 Å². The Kier molecular flexibility index (Phi) is 3.87. The smallest absolute Gasteiger partial charge is 0.112 e. The molecule has 0 aliphatic carbocycles. The maximum atomic E-state index is 4.42. The van der Waals surface area contributed by atoms with Gasteiger partial charge in [-0.05, 0) is 46.1 Å². The molecule has 0 bridgehead atoms. The standard InChI is InChI=1S/C15H13BrN4/c16-12-8-14-15(20-10-12)13(4-7-19-14)18-6-3-11-2-1-5-17-9-11/h1-2,4-5,7-10H,3,6H2,(H,18,19). The summed E-state index contributed by atoms with van der Waals surface area (Å²) < 4.78 is 0.935. The first-order valence-electron chi connectivity index (χ1n) is 6.36. The van der Waals surface area contributed by atoms with Crippen LogP contribution in [0.25, 0.3) is 11.0 Å². The number of hydrogen-bond donors (Lipinski definition) is 1. The van der Waals surface area contributed by atoms with Crippen molar-refractivity contribution in [2.24, 2.45) is 0 Å². The third-order valence-corrected chi connectivity index (χ3v) is 3.43. The molecule has 20 heavy (non-hydrogen) atoms. The van der Waals surface area contributed by atoms with Crippen LogP contribution in [0.5, 0.6) is 0 Å². The van der Waals surface area contributed by atoms with Gasteiger partial charge < -0.3 is 5.32 Å². The van der Waals surface area contributed by atoms with E-state index in [1.165, 1.54) is 5.56 Å². The molecule has 0 atom stereocenters. The molecule has 3 aromatic rings. The number of nitrogens with one attached hydrogen (secondary N) is 1. The predicted molar refractivity (Wildman–Crippen MR) is 83.7 cm³/mol. The molecule has 0 aliphatic rings. The number of aromatic nitrogens is 3. The maximum absolute atomic E-state index is 4.42. The van der Waals surface area contributed by atoms with Gasteiger partial charge in [0.1, 0.15) is 5.52 Å². The fraction of sp³-hybridized carbons (Fsp3) is 0.133. The van der Waals surface area contributed by atoms with Gasteiger partial charge in [0.2, 0.25) is 0 Å². The largest absolute Gasteiger partial charge is 0.383 e. The topological polar surface area (TPSA) is 50.7 Å². The first-order valence-corrected chi connectivity index (χ1v) is 7.15. The third-order valence-electron chi connectivity index (χ3n) is 3.00. The summed E-state index contributed by atoms with van der Waals surface area (Å²) >= 11 is 3.41. The molecule has 0 radical (unpaired) electrons. The summed E-state index contributed by atoms with van der Waals surface area (Å²) in [7, 11) is 0. The highest BCUT2D eigenvalue weighted by Gasteiger charge is 2.03. The van der Waals surface area contributed by atoms with Gasteiger partial charge in [0.25, 0.3) is 0 Å². The fourth-order valence-corrected chi connectivity index (χ4v) is 2.35. The Morgan fingerprint density at radius 1 is 1.10 bits per heavy atom. The highest BCUT2D eigenvalue weighted by atomic mass is 79.9. The van der Waals surface area contributed by atoms with Crippen LogP contribution in [-0.4, -0.2) is 21.5 Å². The molecule has 100 valence electrons. The highest BCUT2D eigenvalue weighted by Crippen LogP contribution is 2.21. The van der Waals surface area contributed by atoms with Gasteiger partial charge in [-0.25, -0.2) is 0 Å². The van der Waals surface area contributed by atoms with E-state index in [9.17, 15) is 0 Å². The van der Waals surface area contributed by atoms with E-state index in [1.807, 2.05) is 24.4 Å². The summed E-state index contributed by atoms with van der Waals surface area (Å²) in [5.41, 5.74) is 3.99. The summed E-state index contributed by atoms with van der Waals surface area (Å²) in [5.74, 6) is 0.